The van der Waals surface area contributed by atoms with Gasteiger partial charge in [-0.05, 0) is 25.1 Å². The molecule has 0 aliphatic heterocycles. The number of fused-ring (bicyclic) bond motifs is 1. The predicted molar refractivity (Wildman–Crippen MR) is 59.5 cm³/mol. The maximum absolute atomic E-state index is 10.7. The van der Waals surface area contributed by atoms with E-state index in [9.17, 15) is 4.79 Å². The fraction of sp³-hybridized carbons (Fsp3) is 0.167. The molecule has 16 heavy (non-hydrogen) atoms. The fourth-order valence-electron chi connectivity index (χ4n) is 1.41. The first-order valence-corrected chi connectivity index (χ1v) is 4.91. The lowest BCUT2D eigenvalue weighted by atomic mass is 10.2. The summed E-state index contributed by atoms with van der Waals surface area (Å²) in [6.45, 7) is 1.50. The summed E-state index contributed by atoms with van der Waals surface area (Å²) >= 11 is 0. The van der Waals surface area contributed by atoms with Gasteiger partial charge < -0.3 is 9.84 Å². The summed E-state index contributed by atoms with van der Waals surface area (Å²) < 4.78 is 5.35. The molecule has 1 aromatic carbocycles. The second-order valence-corrected chi connectivity index (χ2v) is 3.42. The minimum absolute atomic E-state index is 0.542. The van der Waals surface area contributed by atoms with E-state index >= 15 is 0 Å². The maximum Gasteiger partial charge on any atom is 0.344 e. The third-order valence-corrected chi connectivity index (χ3v) is 2.26. The van der Waals surface area contributed by atoms with Crippen molar-refractivity contribution in [3.63, 3.8) is 0 Å². The molecule has 1 aromatic heterocycles. The number of hydrogen-bond donors (Lipinski definition) is 1. The number of pyridine rings is 1. The van der Waals surface area contributed by atoms with Crippen molar-refractivity contribution in [2.75, 3.05) is 0 Å². The molecule has 4 nitrogen and oxygen atoms in total. The second kappa shape index (κ2) is 4.18. The zero-order valence-corrected chi connectivity index (χ0v) is 8.75. The summed E-state index contributed by atoms with van der Waals surface area (Å²) in [6, 6.07) is 9.11. The van der Waals surface area contributed by atoms with Gasteiger partial charge in [0.1, 0.15) is 5.75 Å². The third kappa shape index (κ3) is 1.95. The van der Waals surface area contributed by atoms with Gasteiger partial charge in [0.05, 0.1) is 5.52 Å². The van der Waals surface area contributed by atoms with Gasteiger partial charge in [0.2, 0.25) is 0 Å². The molecule has 0 aliphatic carbocycles. The molecule has 0 saturated carbocycles. The Labute approximate surface area is 92.5 Å². The molecular formula is C12H11NO3. The molecule has 0 radical (unpaired) electrons. The molecule has 0 bridgehead atoms. The summed E-state index contributed by atoms with van der Waals surface area (Å²) in [5.41, 5.74) is 0.789. The van der Waals surface area contributed by atoms with E-state index in [2.05, 4.69) is 4.98 Å². The van der Waals surface area contributed by atoms with Crippen LogP contribution in [0.25, 0.3) is 10.9 Å². The van der Waals surface area contributed by atoms with Crippen LogP contribution in [-0.2, 0) is 4.79 Å². The predicted octanol–water partition coefficient (Wildman–Crippen LogP) is 2.09. The molecule has 1 unspecified atom stereocenters. The van der Waals surface area contributed by atoms with Crippen LogP contribution >= 0.6 is 0 Å². The largest absolute Gasteiger partial charge is 0.479 e. The summed E-state index contributed by atoms with van der Waals surface area (Å²) in [6.07, 6.45) is 0.734. The van der Waals surface area contributed by atoms with Crippen LogP contribution in [0.4, 0.5) is 0 Å². The van der Waals surface area contributed by atoms with Crippen molar-refractivity contribution in [3.8, 4) is 5.75 Å². The van der Waals surface area contributed by atoms with Crippen LogP contribution in [0, 0.1) is 0 Å². The van der Waals surface area contributed by atoms with Crippen LogP contribution in [-0.4, -0.2) is 22.2 Å². The molecule has 1 N–H and O–H groups in total. The van der Waals surface area contributed by atoms with Gasteiger partial charge in [0.15, 0.2) is 6.10 Å². The highest BCUT2D eigenvalue weighted by molar-refractivity contribution is 5.85. The van der Waals surface area contributed by atoms with Gasteiger partial charge in [-0.2, -0.15) is 0 Å². The third-order valence-electron chi connectivity index (χ3n) is 2.26. The van der Waals surface area contributed by atoms with E-state index in [0.29, 0.717) is 5.75 Å². The normalized spacial score (nSPS) is 12.3. The van der Waals surface area contributed by atoms with E-state index in [-0.39, 0.29) is 0 Å². The zero-order chi connectivity index (χ0) is 11.5. The number of aliphatic carboxylic acids is 1. The molecule has 0 fully saturated rings. The first-order valence-electron chi connectivity index (χ1n) is 4.91. The van der Waals surface area contributed by atoms with Crippen molar-refractivity contribution in [2.24, 2.45) is 0 Å². The zero-order valence-electron chi connectivity index (χ0n) is 8.75. The smallest absolute Gasteiger partial charge is 0.344 e. The molecule has 2 aromatic rings. The van der Waals surface area contributed by atoms with Crippen LogP contribution < -0.4 is 4.74 Å². The number of carboxylic acids is 1. The molecule has 1 atom stereocenters. The van der Waals surface area contributed by atoms with Crippen molar-refractivity contribution in [2.45, 2.75) is 13.0 Å². The Bertz CT molecular complexity index is 519. The lowest BCUT2D eigenvalue weighted by molar-refractivity contribution is -0.144. The van der Waals surface area contributed by atoms with Crippen molar-refractivity contribution in [1.29, 1.82) is 0 Å². The molecule has 82 valence electrons. The van der Waals surface area contributed by atoms with Crippen molar-refractivity contribution in [1.82, 2.24) is 4.98 Å². The highest BCUT2D eigenvalue weighted by Crippen LogP contribution is 2.24. The van der Waals surface area contributed by atoms with Crippen LogP contribution in [0.1, 0.15) is 6.92 Å². The van der Waals surface area contributed by atoms with Crippen LogP contribution in [0.15, 0.2) is 36.5 Å². The first-order chi connectivity index (χ1) is 7.68. The van der Waals surface area contributed by atoms with E-state index in [1.54, 1.807) is 12.3 Å². The Morgan fingerprint density at radius 3 is 2.88 bits per heavy atom. The fourth-order valence-corrected chi connectivity index (χ4v) is 1.41. The second-order valence-electron chi connectivity index (χ2n) is 3.42. The number of benzene rings is 1. The van der Waals surface area contributed by atoms with Crippen LogP contribution in [0.5, 0.6) is 5.75 Å². The lowest BCUT2D eigenvalue weighted by Gasteiger charge is -2.11. The van der Waals surface area contributed by atoms with Crippen LogP contribution in [0.2, 0.25) is 0 Å². The number of carboxylic acid groups (broad SMARTS) is 1. The Balaban J connectivity index is 2.41. The number of rotatable bonds is 3. The molecule has 4 heteroatoms. The highest BCUT2D eigenvalue weighted by Gasteiger charge is 2.13. The summed E-state index contributed by atoms with van der Waals surface area (Å²) in [7, 11) is 0. The lowest BCUT2D eigenvalue weighted by Crippen LogP contribution is -2.22. The number of hydrogen-bond acceptors (Lipinski definition) is 3. The molecule has 1 heterocycles. The topological polar surface area (TPSA) is 59.4 Å². The highest BCUT2D eigenvalue weighted by atomic mass is 16.5. The average Bonchev–Trinajstić information content (AvgIpc) is 2.29. The molecular weight excluding hydrogens is 206 g/mol. The van der Waals surface area contributed by atoms with Crippen molar-refractivity contribution < 1.29 is 14.6 Å². The standard InChI is InChI=1S/C12H11NO3/c1-8(12(14)15)16-11-6-7-13-10-5-3-2-4-9(10)11/h2-8H,1H3,(H,14,15). The number of aromatic nitrogens is 1. The Morgan fingerprint density at radius 1 is 1.38 bits per heavy atom. The Morgan fingerprint density at radius 2 is 2.12 bits per heavy atom. The number of ether oxygens (including phenoxy) is 1. The minimum atomic E-state index is -0.985. The molecule has 0 aliphatic rings. The van der Waals surface area contributed by atoms with Gasteiger partial charge >= 0.3 is 5.97 Å². The number of para-hydroxylation sites is 1. The average molecular weight is 217 g/mol. The SMILES string of the molecule is CC(Oc1ccnc2ccccc12)C(=O)O. The first kappa shape index (κ1) is 10.4. The molecule has 2 rings (SSSR count). The maximum atomic E-state index is 10.7. The van der Waals surface area contributed by atoms with E-state index in [1.165, 1.54) is 6.92 Å². The van der Waals surface area contributed by atoms with Gasteiger partial charge in [0.25, 0.3) is 0 Å². The summed E-state index contributed by atoms with van der Waals surface area (Å²) in [5, 5.41) is 9.59. The van der Waals surface area contributed by atoms with E-state index < -0.39 is 12.1 Å². The summed E-state index contributed by atoms with van der Waals surface area (Å²) in [4.78, 5) is 14.9. The number of nitrogens with zero attached hydrogens (tertiary/aromatic N) is 1. The number of carbonyl (C=O) groups is 1. The van der Waals surface area contributed by atoms with Gasteiger partial charge in [0, 0.05) is 11.6 Å². The van der Waals surface area contributed by atoms with E-state index in [0.717, 1.165) is 10.9 Å². The minimum Gasteiger partial charge on any atom is -0.479 e. The van der Waals surface area contributed by atoms with E-state index in [4.69, 9.17) is 9.84 Å². The molecule has 0 saturated heterocycles. The van der Waals surface area contributed by atoms with Gasteiger partial charge in [-0.3, -0.25) is 4.98 Å². The van der Waals surface area contributed by atoms with Crippen molar-refractivity contribution >= 4 is 16.9 Å². The molecule has 0 amide bonds. The van der Waals surface area contributed by atoms with Crippen LogP contribution in [0.3, 0.4) is 0 Å². The Kier molecular flexibility index (Phi) is 2.72. The monoisotopic (exact) mass is 217 g/mol. The van der Waals surface area contributed by atoms with Crippen molar-refractivity contribution in [3.05, 3.63) is 36.5 Å². The quantitative estimate of drug-likeness (QED) is 0.855. The summed E-state index contributed by atoms with van der Waals surface area (Å²) in [5.74, 6) is -0.443. The van der Waals surface area contributed by atoms with Gasteiger partial charge in [-0.15, -0.1) is 0 Å². The van der Waals surface area contributed by atoms with Gasteiger partial charge in [-0.25, -0.2) is 4.79 Å². The van der Waals surface area contributed by atoms with Gasteiger partial charge in [-0.1, -0.05) is 12.1 Å². The van der Waals surface area contributed by atoms with E-state index in [1.807, 2.05) is 24.3 Å². The Hall–Kier alpha value is -2.10. The molecule has 0 spiro atoms.